The van der Waals surface area contributed by atoms with Gasteiger partial charge in [-0.2, -0.15) is 0 Å². The molecular formula is C24H49NO8P+. The summed E-state index contributed by atoms with van der Waals surface area (Å²) in [6.07, 6.45) is 9.75. The van der Waals surface area contributed by atoms with Gasteiger partial charge in [-0.15, -0.1) is 0 Å². The second kappa shape index (κ2) is 19.2. The van der Waals surface area contributed by atoms with Crippen LogP contribution in [0.5, 0.6) is 0 Å². The minimum absolute atomic E-state index is 0.0339. The molecule has 0 aromatic heterocycles. The van der Waals surface area contributed by atoms with Gasteiger partial charge in [-0.25, -0.2) is 4.57 Å². The average Bonchev–Trinajstić information content (AvgIpc) is 2.74. The minimum atomic E-state index is -4.32. The van der Waals surface area contributed by atoms with Crippen LogP contribution in [0, 0.1) is 0 Å². The Kier molecular flexibility index (Phi) is 18.7. The van der Waals surface area contributed by atoms with Gasteiger partial charge in [0.25, 0.3) is 0 Å². The second-order valence-corrected chi connectivity index (χ2v) is 11.2. The van der Waals surface area contributed by atoms with Crippen LogP contribution in [0.4, 0.5) is 0 Å². The smallest absolute Gasteiger partial charge is 0.462 e. The number of carbonyl (C=O) groups excluding carboxylic acids is 2. The van der Waals surface area contributed by atoms with Gasteiger partial charge >= 0.3 is 19.8 Å². The van der Waals surface area contributed by atoms with E-state index in [4.69, 9.17) is 18.5 Å². The van der Waals surface area contributed by atoms with Crippen molar-refractivity contribution in [2.24, 2.45) is 0 Å². The van der Waals surface area contributed by atoms with Crippen molar-refractivity contribution in [1.29, 1.82) is 0 Å². The van der Waals surface area contributed by atoms with Crippen molar-refractivity contribution in [3.05, 3.63) is 0 Å². The minimum Gasteiger partial charge on any atom is -0.462 e. The SMILES string of the molecule is CCCCCCCCCC(=O)OC[C@@H](COP(=O)(O)OCC[N+](C)(C)C)OC(=O)CCCCC. The number of ether oxygens (including phenoxy) is 2. The Hall–Kier alpha value is -0.990. The molecule has 0 rings (SSSR count). The van der Waals surface area contributed by atoms with E-state index in [1.165, 1.54) is 25.7 Å². The summed E-state index contributed by atoms with van der Waals surface area (Å²) < 4.78 is 33.3. The van der Waals surface area contributed by atoms with Crippen molar-refractivity contribution in [1.82, 2.24) is 0 Å². The molecular weight excluding hydrogens is 461 g/mol. The van der Waals surface area contributed by atoms with E-state index < -0.39 is 26.5 Å². The van der Waals surface area contributed by atoms with Gasteiger partial charge in [0.15, 0.2) is 6.10 Å². The Balaban J connectivity index is 4.53. The highest BCUT2D eigenvalue weighted by Crippen LogP contribution is 2.43. The van der Waals surface area contributed by atoms with Crippen LogP contribution in [-0.2, 0) is 32.7 Å². The first-order valence-electron chi connectivity index (χ1n) is 12.8. The molecule has 0 radical (unpaired) electrons. The lowest BCUT2D eigenvalue weighted by Gasteiger charge is -2.24. The number of quaternary nitrogens is 1. The summed E-state index contributed by atoms with van der Waals surface area (Å²) in [6.45, 7) is 4.13. The molecule has 0 fully saturated rings. The zero-order valence-corrected chi connectivity index (χ0v) is 23.0. The van der Waals surface area contributed by atoms with Gasteiger partial charge in [0.1, 0.15) is 19.8 Å². The molecule has 0 heterocycles. The fourth-order valence-corrected chi connectivity index (χ4v) is 3.75. The molecule has 0 aliphatic carbocycles. The highest BCUT2D eigenvalue weighted by atomic mass is 31.2. The summed E-state index contributed by atoms with van der Waals surface area (Å²) in [7, 11) is 1.47. The molecule has 2 atom stereocenters. The van der Waals surface area contributed by atoms with Crippen molar-refractivity contribution in [3.8, 4) is 0 Å². The fourth-order valence-electron chi connectivity index (χ4n) is 3.01. The zero-order chi connectivity index (χ0) is 25.9. The third-order valence-electron chi connectivity index (χ3n) is 5.14. The van der Waals surface area contributed by atoms with Crippen LogP contribution < -0.4 is 0 Å². The molecule has 0 aromatic rings. The van der Waals surface area contributed by atoms with Crippen LogP contribution in [0.2, 0.25) is 0 Å². The van der Waals surface area contributed by atoms with E-state index in [2.05, 4.69) is 6.92 Å². The van der Waals surface area contributed by atoms with E-state index in [9.17, 15) is 19.0 Å². The number of hydrogen-bond acceptors (Lipinski definition) is 7. The van der Waals surface area contributed by atoms with Crippen LogP contribution in [0.15, 0.2) is 0 Å². The Morgan fingerprint density at radius 1 is 0.794 bits per heavy atom. The van der Waals surface area contributed by atoms with Crippen LogP contribution in [0.3, 0.4) is 0 Å². The molecule has 9 nitrogen and oxygen atoms in total. The highest BCUT2D eigenvalue weighted by Gasteiger charge is 2.26. The number of esters is 2. The van der Waals surface area contributed by atoms with Crippen LogP contribution in [0.25, 0.3) is 0 Å². The van der Waals surface area contributed by atoms with Gasteiger partial charge in [0.05, 0.1) is 27.7 Å². The third-order valence-corrected chi connectivity index (χ3v) is 6.12. The maximum absolute atomic E-state index is 12.2. The number of hydrogen-bond donors (Lipinski definition) is 1. The van der Waals surface area contributed by atoms with Crippen molar-refractivity contribution in [2.45, 2.75) is 97.0 Å². The van der Waals surface area contributed by atoms with Crippen LogP contribution in [-0.4, -0.2) is 74.9 Å². The summed E-state index contributed by atoms with van der Waals surface area (Å²) in [4.78, 5) is 34.1. The molecule has 1 N–H and O–H groups in total. The number of likely N-dealkylation sites (N-methyl/N-ethyl adjacent to an activating group) is 1. The number of phosphoric ester groups is 1. The van der Waals surface area contributed by atoms with Crippen molar-refractivity contribution in [3.63, 3.8) is 0 Å². The quantitative estimate of drug-likeness (QED) is 0.0938. The van der Waals surface area contributed by atoms with Gasteiger partial charge in [0.2, 0.25) is 0 Å². The maximum atomic E-state index is 12.2. The van der Waals surface area contributed by atoms with Crippen LogP contribution in [0.1, 0.15) is 90.9 Å². The molecule has 0 aliphatic rings. The van der Waals surface area contributed by atoms with Crippen LogP contribution >= 0.6 is 7.82 Å². The average molecular weight is 511 g/mol. The first-order chi connectivity index (χ1) is 16.0. The maximum Gasteiger partial charge on any atom is 0.472 e. The predicted molar refractivity (Wildman–Crippen MR) is 132 cm³/mol. The summed E-state index contributed by atoms with van der Waals surface area (Å²) in [6, 6.07) is 0. The first kappa shape index (κ1) is 33.0. The Labute approximate surface area is 206 Å². The number of carbonyl (C=O) groups is 2. The van der Waals surface area contributed by atoms with E-state index in [1.807, 2.05) is 28.1 Å². The fraction of sp³-hybridized carbons (Fsp3) is 0.917. The number of rotatable bonds is 22. The van der Waals surface area contributed by atoms with E-state index in [-0.39, 0.29) is 25.6 Å². The lowest BCUT2D eigenvalue weighted by Crippen LogP contribution is -2.37. The van der Waals surface area contributed by atoms with Gasteiger partial charge in [-0.1, -0.05) is 65.2 Å². The molecule has 0 bridgehead atoms. The Morgan fingerprint density at radius 2 is 1.32 bits per heavy atom. The van der Waals surface area contributed by atoms with E-state index in [0.717, 1.165) is 32.1 Å². The summed E-state index contributed by atoms with van der Waals surface area (Å²) >= 11 is 0. The molecule has 0 spiro atoms. The monoisotopic (exact) mass is 510 g/mol. The van der Waals surface area contributed by atoms with E-state index in [1.54, 1.807) is 0 Å². The number of unbranched alkanes of at least 4 members (excludes halogenated alkanes) is 8. The summed E-state index contributed by atoms with van der Waals surface area (Å²) in [5.74, 6) is -0.837. The van der Waals surface area contributed by atoms with Gasteiger partial charge < -0.3 is 18.9 Å². The predicted octanol–water partition coefficient (Wildman–Crippen LogP) is 5.00. The van der Waals surface area contributed by atoms with E-state index in [0.29, 0.717) is 23.9 Å². The van der Waals surface area contributed by atoms with Crippen molar-refractivity contribution in [2.75, 3.05) is 47.5 Å². The van der Waals surface area contributed by atoms with Crippen molar-refractivity contribution < 1.29 is 42.1 Å². The lowest BCUT2D eigenvalue weighted by molar-refractivity contribution is -0.870. The first-order valence-corrected chi connectivity index (χ1v) is 14.3. The molecule has 34 heavy (non-hydrogen) atoms. The van der Waals surface area contributed by atoms with E-state index >= 15 is 0 Å². The zero-order valence-electron chi connectivity index (χ0n) is 22.1. The van der Waals surface area contributed by atoms with Crippen molar-refractivity contribution >= 4 is 19.8 Å². The molecule has 0 saturated heterocycles. The van der Waals surface area contributed by atoms with Gasteiger partial charge in [0, 0.05) is 12.8 Å². The summed E-state index contributed by atoms with van der Waals surface area (Å²) in [5, 5.41) is 0. The Bertz CT molecular complexity index is 594. The molecule has 202 valence electrons. The Morgan fingerprint density at radius 3 is 1.94 bits per heavy atom. The topological polar surface area (TPSA) is 108 Å². The number of nitrogens with zero attached hydrogens (tertiary/aromatic N) is 1. The molecule has 0 aliphatic heterocycles. The molecule has 0 saturated carbocycles. The molecule has 10 heteroatoms. The lowest BCUT2D eigenvalue weighted by atomic mass is 10.1. The summed E-state index contributed by atoms with van der Waals surface area (Å²) in [5.41, 5.74) is 0. The van der Waals surface area contributed by atoms with Gasteiger partial charge in [-0.05, 0) is 12.8 Å². The third kappa shape index (κ3) is 21.5. The molecule has 1 unspecified atom stereocenters. The molecule has 0 aromatic carbocycles. The molecule has 0 amide bonds. The highest BCUT2D eigenvalue weighted by molar-refractivity contribution is 7.47. The normalized spacial score (nSPS) is 14.4. The number of phosphoric acid groups is 1. The van der Waals surface area contributed by atoms with Gasteiger partial charge in [-0.3, -0.25) is 18.6 Å². The standard InChI is InChI=1S/C24H48NO8P/c1-6-8-10-11-12-13-15-16-23(26)30-20-22(33-24(27)17-14-9-7-2)21-32-34(28,29)31-19-18-25(3,4)5/h22H,6-21H2,1-5H3/p+1/t22-/m0/s1. The largest absolute Gasteiger partial charge is 0.472 e. The second-order valence-electron chi connectivity index (χ2n) is 9.73.